The van der Waals surface area contributed by atoms with E-state index in [2.05, 4.69) is 36.6 Å². The average Bonchev–Trinajstić information content (AvgIpc) is 2.67. The molecule has 8 heteroatoms. The summed E-state index contributed by atoms with van der Waals surface area (Å²) in [5, 5.41) is 10.2. The topological polar surface area (TPSA) is 29.5 Å². The lowest BCUT2D eigenvalue weighted by atomic mass is 10.1. The van der Waals surface area contributed by atoms with Crippen molar-refractivity contribution in [3.05, 3.63) is 49.0 Å². The summed E-state index contributed by atoms with van der Waals surface area (Å²) in [5.74, 6) is -0.358. The molecule has 0 aliphatic rings. The first kappa shape index (κ1) is 15.8. The van der Waals surface area contributed by atoms with E-state index in [1.165, 1.54) is 35.6 Å². The summed E-state index contributed by atoms with van der Waals surface area (Å²) in [5.41, 5.74) is 0.327. The minimum absolute atomic E-state index is 0.327. The number of aliphatic hydroxyl groups is 1. The lowest BCUT2D eigenvalue weighted by Crippen LogP contribution is -2.17. The van der Waals surface area contributed by atoms with Gasteiger partial charge in [-0.05, 0) is 55.6 Å². The molecule has 0 radical (unpaired) electrons. The lowest BCUT2D eigenvalue weighted by molar-refractivity contribution is -0.274. The van der Waals surface area contributed by atoms with Crippen LogP contribution in [0.25, 0.3) is 0 Å². The Morgan fingerprint density at radius 1 is 1.20 bits per heavy atom. The highest BCUT2D eigenvalue weighted by Crippen LogP contribution is 2.38. The highest BCUT2D eigenvalue weighted by molar-refractivity contribution is 9.13. The predicted octanol–water partition coefficient (Wildman–Crippen LogP) is 5.25. The van der Waals surface area contributed by atoms with Gasteiger partial charge in [-0.15, -0.1) is 24.5 Å². The Labute approximate surface area is 133 Å². The normalized spacial score (nSPS) is 13.3. The van der Waals surface area contributed by atoms with Gasteiger partial charge >= 0.3 is 6.36 Å². The first-order valence-electron chi connectivity index (χ1n) is 5.25. The maximum absolute atomic E-state index is 12.2. The highest BCUT2D eigenvalue weighted by atomic mass is 79.9. The molecule has 0 saturated carbocycles. The fraction of sp³-hybridized carbons (Fsp3) is 0.167. The Kier molecular flexibility index (Phi) is 4.78. The van der Waals surface area contributed by atoms with Crippen molar-refractivity contribution in [2.75, 3.05) is 0 Å². The van der Waals surface area contributed by atoms with Crippen LogP contribution in [0.15, 0.2) is 38.6 Å². The van der Waals surface area contributed by atoms with Crippen molar-refractivity contribution in [1.82, 2.24) is 0 Å². The summed E-state index contributed by atoms with van der Waals surface area (Å²) in [4.78, 5) is 0.605. The molecule has 1 unspecified atom stereocenters. The van der Waals surface area contributed by atoms with E-state index < -0.39 is 12.5 Å². The van der Waals surface area contributed by atoms with E-state index in [0.29, 0.717) is 10.4 Å². The molecule has 2 nitrogen and oxygen atoms in total. The molecule has 1 aromatic carbocycles. The van der Waals surface area contributed by atoms with Crippen LogP contribution in [0.4, 0.5) is 13.2 Å². The van der Waals surface area contributed by atoms with Gasteiger partial charge in [0.05, 0.1) is 3.79 Å². The molecule has 0 spiro atoms. The highest BCUT2D eigenvalue weighted by Gasteiger charge is 2.31. The zero-order chi connectivity index (χ0) is 14.9. The lowest BCUT2D eigenvalue weighted by Gasteiger charge is -2.12. The molecule has 1 aromatic heterocycles. The number of benzene rings is 1. The van der Waals surface area contributed by atoms with Gasteiger partial charge in [0.25, 0.3) is 0 Å². The van der Waals surface area contributed by atoms with Crippen LogP contribution in [0.2, 0.25) is 0 Å². The third kappa shape index (κ3) is 3.97. The van der Waals surface area contributed by atoms with Crippen LogP contribution in [0.1, 0.15) is 16.5 Å². The second-order valence-electron chi connectivity index (χ2n) is 3.79. The van der Waals surface area contributed by atoms with Crippen molar-refractivity contribution in [3.63, 3.8) is 0 Å². The van der Waals surface area contributed by atoms with Crippen molar-refractivity contribution in [1.29, 1.82) is 0 Å². The van der Waals surface area contributed by atoms with E-state index in [-0.39, 0.29) is 5.75 Å². The Morgan fingerprint density at radius 2 is 1.90 bits per heavy atom. The molecule has 0 bridgehead atoms. The van der Waals surface area contributed by atoms with E-state index >= 15 is 0 Å². The molecule has 20 heavy (non-hydrogen) atoms. The Morgan fingerprint density at radius 3 is 2.45 bits per heavy atom. The molecule has 0 amide bonds. The van der Waals surface area contributed by atoms with Crippen LogP contribution >= 0.6 is 43.2 Å². The van der Waals surface area contributed by atoms with Crippen molar-refractivity contribution in [3.8, 4) is 5.75 Å². The van der Waals surface area contributed by atoms with Gasteiger partial charge in [0.1, 0.15) is 11.9 Å². The van der Waals surface area contributed by atoms with Crippen LogP contribution in [0.3, 0.4) is 0 Å². The molecule has 0 aliphatic heterocycles. The fourth-order valence-corrected chi connectivity index (χ4v) is 3.65. The maximum atomic E-state index is 12.2. The van der Waals surface area contributed by atoms with Gasteiger partial charge in [-0.25, -0.2) is 0 Å². The van der Waals surface area contributed by atoms with Crippen LogP contribution < -0.4 is 4.74 Å². The zero-order valence-corrected chi connectivity index (χ0v) is 13.6. The second-order valence-corrected chi connectivity index (χ2v) is 7.05. The number of alkyl halides is 3. The zero-order valence-electron chi connectivity index (χ0n) is 9.62. The SMILES string of the molecule is OC(c1cccc(OC(F)(F)F)c1)c1cc(Br)c(Br)s1. The second kappa shape index (κ2) is 6.05. The number of hydrogen-bond acceptors (Lipinski definition) is 3. The summed E-state index contributed by atoms with van der Waals surface area (Å²) in [6.45, 7) is 0. The molecule has 2 rings (SSSR count). The maximum Gasteiger partial charge on any atom is 0.573 e. The standard InChI is InChI=1S/C12H7Br2F3O2S/c13-8-5-9(20-11(8)14)10(18)6-2-1-3-7(4-6)19-12(15,16)17/h1-5,10,18H. The quantitative estimate of drug-likeness (QED) is 0.718. The molecular weight excluding hydrogens is 425 g/mol. The van der Waals surface area contributed by atoms with E-state index in [1.54, 1.807) is 6.07 Å². The van der Waals surface area contributed by atoms with Gasteiger partial charge < -0.3 is 9.84 Å². The van der Waals surface area contributed by atoms with Gasteiger partial charge in [0, 0.05) is 9.35 Å². The van der Waals surface area contributed by atoms with Gasteiger partial charge in [0.2, 0.25) is 0 Å². The monoisotopic (exact) mass is 430 g/mol. The van der Waals surface area contributed by atoms with Gasteiger partial charge in [-0.2, -0.15) is 0 Å². The Balaban J connectivity index is 2.26. The summed E-state index contributed by atoms with van der Waals surface area (Å²) in [7, 11) is 0. The molecule has 1 heterocycles. The average molecular weight is 432 g/mol. The Bertz CT molecular complexity index is 593. The Hall–Kier alpha value is -0.570. The van der Waals surface area contributed by atoms with Crippen molar-refractivity contribution >= 4 is 43.2 Å². The predicted molar refractivity (Wildman–Crippen MR) is 76.9 cm³/mol. The van der Waals surface area contributed by atoms with Crippen molar-refractivity contribution in [2.24, 2.45) is 0 Å². The number of aliphatic hydroxyl groups excluding tert-OH is 1. The van der Waals surface area contributed by atoms with E-state index in [0.717, 1.165) is 8.26 Å². The van der Waals surface area contributed by atoms with Crippen LogP contribution in [-0.2, 0) is 0 Å². The van der Waals surface area contributed by atoms with E-state index in [9.17, 15) is 18.3 Å². The molecule has 108 valence electrons. The summed E-state index contributed by atoms with van der Waals surface area (Å²) < 4.78 is 41.9. The number of halogens is 5. The van der Waals surface area contributed by atoms with Crippen LogP contribution in [0.5, 0.6) is 5.75 Å². The molecule has 1 atom stereocenters. The third-order valence-corrected chi connectivity index (χ3v) is 5.65. The van der Waals surface area contributed by atoms with E-state index in [1.807, 2.05) is 0 Å². The van der Waals surface area contributed by atoms with Crippen molar-refractivity contribution < 1.29 is 23.0 Å². The van der Waals surface area contributed by atoms with Crippen molar-refractivity contribution in [2.45, 2.75) is 12.5 Å². The molecule has 0 aliphatic carbocycles. The van der Waals surface area contributed by atoms with Crippen LogP contribution in [-0.4, -0.2) is 11.5 Å². The number of ether oxygens (including phenoxy) is 1. The first-order chi connectivity index (χ1) is 9.26. The van der Waals surface area contributed by atoms with Gasteiger partial charge in [0.15, 0.2) is 0 Å². The summed E-state index contributed by atoms with van der Waals surface area (Å²) in [6.07, 6.45) is -5.77. The smallest absolute Gasteiger partial charge is 0.406 e. The minimum atomic E-state index is -4.75. The van der Waals surface area contributed by atoms with E-state index in [4.69, 9.17) is 0 Å². The molecule has 0 fully saturated rings. The summed E-state index contributed by atoms with van der Waals surface area (Å²) >= 11 is 7.88. The third-order valence-electron chi connectivity index (χ3n) is 2.34. The number of thiophene rings is 1. The minimum Gasteiger partial charge on any atom is -0.406 e. The summed E-state index contributed by atoms with van der Waals surface area (Å²) in [6, 6.07) is 6.99. The number of hydrogen-bond donors (Lipinski definition) is 1. The van der Waals surface area contributed by atoms with Gasteiger partial charge in [-0.3, -0.25) is 0 Å². The number of rotatable bonds is 3. The molecular formula is C12H7Br2F3O2S. The molecule has 0 saturated heterocycles. The fourth-order valence-electron chi connectivity index (χ4n) is 1.54. The van der Waals surface area contributed by atoms with Gasteiger partial charge in [-0.1, -0.05) is 12.1 Å². The molecule has 1 N–H and O–H groups in total. The molecule has 2 aromatic rings. The first-order valence-corrected chi connectivity index (χ1v) is 7.65. The van der Waals surface area contributed by atoms with Crippen LogP contribution in [0, 0.1) is 0 Å². The largest absolute Gasteiger partial charge is 0.573 e.